The van der Waals surface area contributed by atoms with E-state index in [1.54, 1.807) is 7.11 Å². The van der Waals surface area contributed by atoms with Gasteiger partial charge in [-0.1, -0.05) is 25.1 Å². The predicted octanol–water partition coefficient (Wildman–Crippen LogP) is 3.55. The fourth-order valence-corrected chi connectivity index (χ4v) is 3.80. The summed E-state index contributed by atoms with van der Waals surface area (Å²) in [6, 6.07) is 8.71. The van der Waals surface area contributed by atoms with Crippen molar-refractivity contribution >= 4 is 22.5 Å². The zero-order chi connectivity index (χ0) is 18.5. The molecule has 0 radical (unpaired) electrons. The molecular weight excluding hydrogens is 326 g/mol. The van der Waals surface area contributed by atoms with E-state index < -0.39 is 0 Å². The van der Waals surface area contributed by atoms with Crippen LogP contribution >= 0.6 is 0 Å². The third kappa shape index (κ3) is 3.98. The molecule has 2 heterocycles. The number of hydrogen-bond donors (Lipinski definition) is 1. The van der Waals surface area contributed by atoms with Crippen molar-refractivity contribution in [1.82, 2.24) is 9.88 Å². The van der Waals surface area contributed by atoms with E-state index in [0.29, 0.717) is 19.1 Å². The Balaban J connectivity index is 1.73. The van der Waals surface area contributed by atoms with Gasteiger partial charge in [0.05, 0.1) is 18.5 Å². The second-order valence-corrected chi connectivity index (χ2v) is 6.96. The molecule has 1 aromatic carbocycles. The van der Waals surface area contributed by atoms with Crippen LogP contribution in [0.15, 0.2) is 24.3 Å². The summed E-state index contributed by atoms with van der Waals surface area (Å²) in [5, 5.41) is 4.97. The number of fused-ring (bicyclic) bond motifs is 1. The molecule has 1 saturated heterocycles. The van der Waals surface area contributed by atoms with Crippen LogP contribution in [0.25, 0.3) is 10.9 Å². The normalized spacial score (nSPS) is 15.4. The molecule has 0 saturated carbocycles. The lowest BCUT2D eigenvalue weighted by Crippen LogP contribution is -2.42. The molecule has 0 atom stereocenters. The van der Waals surface area contributed by atoms with Crippen molar-refractivity contribution in [1.29, 1.82) is 0 Å². The number of para-hydroxylation sites is 1. The van der Waals surface area contributed by atoms with Gasteiger partial charge in [-0.05, 0) is 37.8 Å². The number of nitrogens with one attached hydrogen (secondary N) is 1. The van der Waals surface area contributed by atoms with Crippen LogP contribution in [0.1, 0.15) is 37.4 Å². The molecule has 1 N–H and O–H groups in total. The number of carbonyl (C=O) groups is 1. The smallest absolute Gasteiger partial charge is 0.224 e. The Hall–Kier alpha value is -2.14. The summed E-state index contributed by atoms with van der Waals surface area (Å²) < 4.78 is 5.02. The van der Waals surface area contributed by atoms with E-state index in [1.165, 1.54) is 16.6 Å². The van der Waals surface area contributed by atoms with Gasteiger partial charge in [0.1, 0.15) is 0 Å². The number of ether oxygens (including phenoxy) is 1. The number of carbonyl (C=O) groups excluding carboxylic acids is 1. The molecule has 3 rings (SSSR count). The molecule has 1 aliphatic rings. The lowest BCUT2D eigenvalue weighted by molar-refractivity contribution is -0.133. The van der Waals surface area contributed by atoms with Gasteiger partial charge in [0, 0.05) is 43.0 Å². The molecule has 0 bridgehead atoms. The number of aromatic nitrogens is 1. The molecule has 2 aromatic rings. The number of amides is 1. The van der Waals surface area contributed by atoms with Crippen molar-refractivity contribution in [3.05, 3.63) is 35.5 Å². The van der Waals surface area contributed by atoms with Gasteiger partial charge in [-0.25, -0.2) is 0 Å². The van der Waals surface area contributed by atoms with E-state index in [1.807, 2.05) is 11.0 Å². The summed E-state index contributed by atoms with van der Waals surface area (Å²) >= 11 is 0. The van der Waals surface area contributed by atoms with Crippen molar-refractivity contribution in [2.75, 3.05) is 32.1 Å². The molecule has 140 valence electrons. The minimum Gasteiger partial charge on any atom is -0.384 e. The van der Waals surface area contributed by atoms with Crippen LogP contribution < -0.4 is 5.32 Å². The Morgan fingerprint density at radius 2 is 2.04 bits per heavy atom. The van der Waals surface area contributed by atoms with Gasteiger partial charge in [0.2, 0.25) is 5.91 Å². The van der Waals surface area contributed by atoms with Crippen molar-refractivity contribution in [3.63, 3.8) is 0 Å². The lowest BCUT2D eigenvalue weighted by Gasteiger charge is -2.33. The SMILES string of the molecule is CCc1c(C)nc2ccccc2c1NC1CCN(C(=O)CCOC)CC1. The summed E-state index contributed by atoms with van der Waals surface area (Å²) in [6.45, 7) is 6.39. The Labute approximate surface area is 155 Å². The number of methoxy groups -OCH3 is 1. The maximum atomic E-state index is 12.2. The van der Waals surface area contributed by atoms with Crippen LogP contribution in [-0.4, -0.2) is 48.6 Å². The van der Waals surface area contributed by atoms with Crippen LogP contribution in [0, 0.1) is 6.92 Å². The van der Waals surface area contributed by atoms with Gasteiger partial charge in [-0.2, -0.15) is 0 Å². The molecule has 1 aliphatic heterocycles. The standard InChI is InChI=1S/C21H29N3O2/c1-4-17-15(2)22-19-8-6-5-7-18(19)21(17)23-16-9-12-24(13-10-16)20(25)11-14-26-3/h5-8,16H,4,9-14H2,1-3H3,(H,22,23). The molecule has 0 spiro atoms. The molecule has 5 nitrogen and oxygen atoms in total. The number of likely N-dealkylation sites (tertiary alicyclic amines) is 1. The van der Waals surface area contributed by atoms with Crippen LogP contribution in [-0.2, 0) is 16.0 Å². The number of rotatable bonds is 6. The van der Waals surface area contributed by atoms with E-state index in [-0.39, 0.29) is 5.91 Å². The maximum absolute atomic E-state index is 12.2. The molecular formula is C21H29N3O2. The van der Waals surface area contributed by atoms with E-state index in [0.717, 1.165) is 43.6 Å². The number of anilines is 1. The van der Waals surface area contributed by atoms with E-state index in [4.69, 9.17) is 9.72 Å². The minimum atomic E-state index is 0.199. The van der Waals surface area contributed by atoms with Crippen LogP contribution in [0.4, 0.5) is 5.69 Å². The highest BCUT2D eigenvalue weighted by atomic mass is 16.5. The van der Waals surface area contributed by atoms with Crippen molar-refractivity contribution in [3.8, 4) is 0 Å². The third-order valence-electron chi connectivity index (χ3n) is 5.27. The number of benzene rings is 1. The van der Waals surface area contributed by atoms with Crippen molar-refractivity contribution < 1.29 is 9.53 Å². The molecule has 26 heavy (non-hydrogen) atoms. The van der Waals surface area contributed by atoms with E-state index in [2.05, 4.69) is 37.4 Å². The highest BCUT2D eigenvalue weighted by Gasteiger charge is 2.23. The number of hydrogen-bond acceptors (Lipinski definition) is 4. The number of piperidine rings is 1. The van der Waals surface area contributed by atoms with Crippen LogP contribution in [0.3, 0.4) is 0 Å². The van der Waals surface area contributed by atoms with Gasteiger partial charge in [0.25, 0.3) is 0 Å². The van der Waals surface area contributed by atoms with Crippen LogP contribution in [0.2, 0.25) is 0 Å². The van der Waals surface area contributed by atoms with Gasteiger partial charge >= 0.3 is 0 Å². The van der Waals surface area contributed by atoms with E-state index >= 15 is 0 Å². The second kappa shape index (κ2) is 8.49. The largest absolute Gasteiger partial charge is 0.384 e. The van der Waals surface area contributed by atoms with Gasteiger partial charge < -0.3 is 15.0 Å². The Morgan fingerprint density at radius 3 is 2.73 bits per heavy atom. The second-order valence-electron chi connectivity index (χ2n) is 6.96. The zero-order valence-corrected chi connectivity index (χ0v) is 16.0. The molecule has 1 amide bonds. The van der Waals surface area contributed by atoms with Crippen LogP contribution in [0.5, 0.6) is 0 Å². The molecule has 1 aromatic heterocycles. The fraction of sp³-hybridized carbons (Fsp3) is 0.524. The van der Waals surface area contributed by atoms with Crippen molar-refractivity contribution in [2.24, 2.45) is 0 Å². The van der Waals surface area contributed by atoms with Gasteiger partial charge in [0.15, 0.2) is 0 Å². The third-order valence-corrected chi connectivity index (χ3v) is 5.27. The fourth-order valence-electron chi connectivity index (χ4n) is 3.80. The van der Waals surface area contributed by atoms with E-state index in [9.17, 15) is 4.79 Å². The summed E-state index contributed by atoms with van der Waals surface area (Å²) in [7, 11) is 1.63. The first-order chi connectivity index (χ1) is 12.6. The molecule has 1 fully saturated rings. The van der Waals surface area contributed by atoms with Crippen molar-refractivity contribution in [2.45, 2.75) is 45.6 Å². The Bertz CT molecular complexity index is 767. The summed E-state index contributed by atoms with van der Waals surface area (Å²) in [5.41, 5.74) is 4.65. The zero-order valence-electron chi connectivity index (χ0n) is 16.0. The minimum absolute atomic E-state index is 0.199. The Morgan fingerprint density at radius 1 is 1.31 bits per heavy atom. The molecule has 0 unspecified atom stereocenters. The molecule has 5 heteroatoms. The number of pyridine rings is 1. The highest BCUT2D eigenvalue weighted by Crippen LogP contribution is 2.30. The maximum Gasteiger partial charge on any atom is 0.224 e. The first-order valence-corrected chi connectivity index (χ1v) is 9.55. The Kier molecular flexibility index (Phi) is 6.09. The highest BCUT2D eigenvalue weighted by molar-refractivity contribution is 5.93. The number of nitrogens with zero attached hydrogens (tertiary/aromatic N) is 2. The predicted molar refractivity (Wildman–Crippen MR) is 106 cm³/mol. The summed E-state index contributed by atoms with van der Waals surface area (Å²) in [6.07, 6.45) is 3.37. The first-order valence-electron chi connectivity index (χ1n) is 9.55. The molecule has 0 aliphatic carbocycles. The number of aryl methyl sites for hydroxylation is 1. The van der Waals surface area contributed by atoms with Gasteiger partial charge in [-0.15, -0.1) is 0 Å². The monoisotopic (exact) mass is 355 g/mol. The quantitative estimate of drug-likeness (QED) is 0.861. The first kappa shape index (κ1) is 18.6. The van der Waals surface area contributed by atoms with Gasteiger partial charge in [-0.3, -0.25) is 9.78 Å². The topological polar surface area (TPSA) is 54.5 Å². The lowest BCUT2D eigenvalue weighted by atomic mass is 10.00. The summed E-state index contributed by atoms with van der Waals surface area (Å²) in [5.74, 6) is 0.199. The average Bonchev–Trinajstić information content (AvgIpc) is 2.66. The average molecular weight is 355 g/mol. The summed E-state index contributed by atoms with van der Waals surface area (Å²) in [4.78, 5) is 18.9.